The van der Waals surface area contributed by atoms with Crippen LogP contribution >= 0.6 is 0 Å². The summed E-state index contributed by atoms with van der Waals surface area (Å²) in [6.45, 7) is 5.65. The van der Waals surface area contributed by atoms with Gasteiger partial charge in [0.1, 0.15) is 5.60 Å². The summed E-state index contributed by atoms with van der Waals surface area (Å²) in [5.74, 6) is -0.966. The zero-order chi connectivity index (χ0) is 14.8. The summed E-state index contributed by atoms with van der Waals surface area (Å²) in [5, 5.41) is 0. The lowest BCUT2D eigenvalue weighted by Gasteiger charge is -2.28. The van der Waals surface area contributed by atoms with Crippen LogP contribution in [0.1, 0.15) is 32.8 Å². The monoisotopic (exact) mass is 276 g/mol. The van der Waals surface area contributed by atoms with Crippen molar-refractivity contribution in [3.05, 3.63) is 35.9 Å². The van der Waals surface area contributed by atoms with E-state index in [1.165, 1.54) is 0 Å². The third-order valence-electron chi connectivity index (χ3n) is 3.29. The smallest absolute Gasteiger partial charge is 0.324 e. The van der Waals surface area contributed by atoms with Gasteiger partial charge >= 0.3 is 11.9 Å². The second-order valence-corrected chi connectivity index (χ2v) is 6.13. The van der Waals surface area contributed by atoms with Crippen molar-refractivity contribution in [2.45, 2.75) is 39.2 Å². The number of rotatable bonds is 3. The summed E-state index contributed by atoms with van der Waals surface area (Å²) >= 11 is 0. The van der Waals surface area contributed by atoms with E-state index in [4.69, 9.17) is 9.47 Å². The highest BCUT2D eigenvalue weighted by molar-refractivity contribution is 6.01. The third-order valence-corrected chi connectivity index (χ3v) is 3.29. The first kappa shape index (κ1) is 14.6. The Balaban J connectivity index is 2.27. The lowest BCUT2D eigenvalue weighted by molar-refractivity contribution is -0.173. The predicted molar refractivity (Wildman–Crippen MR) is 74.0 cm³/mol. The van der Waals surface area contributed by atoms with Crippen LogP contribution in [0.2, 0.25) is 0 Å². The molecule has 1 atom stereocenters. The Bertz CT molecular complexity index is 501. The molecule has 1 heterocycles. The molecule has 4 heteroatoms. The summed E-state index contributed by atoms with van der Waals surface area (Å²) in [6.07, 6.45) is 0.692. The van der Waals surface area contributed by atoms with Gasteiger partial charge in [0.05, 0.1) is 6.61 Å². The number of esters is 2. The topological polar surface area (TPSA) is 52.6 Å². The second kappa shape index (κ2) is 5.27. The van der Waals surface area contributed by atoms with Crippen molar-refractivity contribution in [2.24, 2.45) is 5.41 Å². The fourth-order valence-corrected chi connectivity index (χ4v) is 2.30. The summed E-state index contributed by atoms with van der Waals surface area (Å²) < 4.78 is 10.5. The average molecular weight is 276 g/mol. The number of hydrogen-bond acceptors (Lipinski definition) is 4. The van der Waals surface area contributed by atoms with Crippen molar-refractivity contribution in [3.8, 4) is 0 Å². The highest BCUT2D eigenvalue weighted by Crippen LogP contribution is 2.36. The molecule has 0 radical (unpaired) electrons. The Morgan fingerprint density at radius 2 is 1.95 bits per heavy atom. The van der Waals surface area contributed by atoms with Crippen LogP contribution in [0.3, 0.4) is 0 Å². The number of carbonyl (C=O) groups is 2. The first-order valence-corrected chi connectivity index (χ1v) is 6.78. The highest BCUT2D eigenvalue weighted by atomic mass is 16.6. The lowest BCUT2D eigenvalue weighted by atomic mass is 9.80. The molecule has 0 aliphatic carbocycles. The van der Waals surface area contributed by atoms with E-state index >= 15 is 0 Å². The molecule has 0 unspecified atom stereocenters. The van der Waals surface area contributed by atoms with Crippen LogP contribution in [0, 0.1) is 5.41 Å². The highest BCUT2D eigenvalue weighted by Gasteiger charge is 2.53. The molecular formula is C16H20O4. The van der Waals surface area contributed by atoms with Gasteiger partial charge in [0.25, 0.3) is 0 Å². The van der Waals surface area contributed by atoms with Gasteiger partial charge in [0, 0.05) is 6.42 Å². The molecule has 4 nitrogen and oxygen atoms in total. The first-order valence-electron chi connectivity index (χ1n) is 6.78. The van der Waals surface area contributed by atoms with Crippen molar-refractivity contribution in [3.63, 3.8) is 0 Å². The molecule has 1 aliphatic rings. The Morgan fingerprint density at radius 1 is 1.30 bits per heavy atom. The fourth-order valence-electron chi connectivity index (χ4n) is 2.30. The standard InChI is InChI=1S/C16H20O4/c1-15(2,3)20-14(18)16(9-10-19-13(16)17)11-12-7-5-4-6-8-12/h4-8H,9-11H2,1-3H3/t16-/m0/s1. The van der Waals surface area contributed by atoms with Crippen LogP contribution in [0.4, 0.5) is 0 Å². The van der Waals surface area contributed by atoms with E-state index in [9.17, 15) is 9.59 Å². The normalized spacial score (nSPS) is 22.4. The van der Waals surface area contributed by atoms with Gasteiger partial charge in [-0.15, -0.1) is 0 Å². The van der Waals surface area contributed by atoms with Crippen molar-refractivity contribution in [1.82, 2.24) is 0 Å². The van der Waals surface area contributed by atoms with Crippen molar-refractivity contribution in [2.75, 3.05) is 6.61 Å². The Morgan fingerprint density at radius 3 is 2.45 bits per heavy atom. The van der Waals surface area contributed by atoms with Crippen molar-refractivity contribution in [1.29, 1.82) is 0 Å². The van der Waals surface area contributed by atoms with E-state index in [-0.39, 0.29) is 6.61 Å². The average Bonchev–Trinajstić information content (AvgIpc) is 2.71. The van der Waals surface area contributed by atoms with E-state index in [2.05, 4.69) is 0 Å². The molecule has 1 aromatic carbocycles. The number of cyclic esters (lactones) is 1. The van der Waals surface area contributed by atoms with Crippen LogP contribution in [0.15, 0.2) is 30.3 Å². The minimum atomic E-state index is -1.20. The molecule has 20 heavy (non-hydrogen) atoms. The molecule has 0 aromatic heterocycles. The number of carbonyl (C=O) groups excluding carboxylic acids is 2. The first-order chi connectivity index (χ1) is 9.33. The molecule has 1 aromatic rings. The maximum atomic E-state index is 12.5. The zero-order valence-corrected chi connectivity index (χ0v) is 12.1. The zero-order valence-electron chi connectivity index (χ0n) is 12.1. The molecule has 108 valence electrons. The summed E-state index contributed by atoms with van der Waals surface area (Å²) in [5.41, 5.74) is -0.893. The third kappa shape index (κ3) is 3.00. The van der Waals surface area contributed by atoms with E-state index in [0.29, 0.717) is 12.8 Å². The minimum absolute atomic E-state index is 0.269. The number of benzene rings is 1. The van der Waals surface area contributed by atoms with Gasteiger partial charge < -0.3 is 9.47 Å². The van der Waals surface area contributed by atoms with Gasteiger partial charge in [-0.25, -0.2) is 0 Å². The largest absolute Gasteiger partial charge is 0.465 e. The summed E-state index contributed by atoms with van der Waals surface area (Å²) in [7, 11) is 0. The Kier molecular flexibility index (Phi) is 3.84. The molecule has 1 fully saturated rings. The minimum Gasteiger partial charge on any atom is -0.465 e. The second-order valence-electron chi connectivity index (χ2n) is 6.13. The lowest BCUT2D eigenvalue weighted by Crippen LogP contribution is -2.42. The molecule has 1 saturated heterocycles. The fraction of sp³-hybridized carbons (Fsp3) is 0.500. The summed E-state index contributed by atoms with van der Waals surface area (Å²) in [6, 6.07) is 9.48. The molecule has 1 aliphatic heterocycles. The molecule has 0 saturated carbocycles. The van der Waals surface area contributed by atoms with Crippen LogP contribution in [-0.4, -0.2) is 24.1 Å². The quantitative estimate of drug-likeness (QED) is 0.628. The summed E-state index contributed by atoms with van der Waals surface area (Å²) in [4.78, 5) is 24.6. The van der Waals surface area contributed by atoms with Crippen molar-refractivity contribution >= 4 is 11.9 Å². The molecule has 0 N–H and O–H groups in total. The van der Waals surface area contributed by atoms with Gasteiger partial charge in [0.2, 0.25) is 0 Å². The maximum absolute atomic E-state index is 12.5. The van der Waals surface area contributed by atoms with Gasteiger partial charge in [-0.2, -0.15) is 0 Å². The van der Waals surface area contributed by atoms with E-state index in [1.807, 2.05) is 30.3 Å². The molecule has 2 rings (SSSR count). The number of ether oxygens (including phenoxy) is 2. The van der Waals surface area contributed by atoms with Crippen LogP contribution in [-0.2, 0) is 25.5 Å². The maximum Gasteiger partial charge on any atom is 0.324 e. The van der Waals surface area contributed by atoms with Crippen LogP contribution in [0.5, 0.6) is 0 Å². The SMILES string of the molecule is CC(C)(C)OC(=O)[C@]1(Cc2ccccc2)CCOC1=O. The molecule has 0 bridgehead atoms. The molecular weight excluding hydrogens is 256 g/mol. The van der Waals surface area contributed by atoms with Gasteiger partial charge in [-0.3, -0.25) is 9.59 Å². The van der Waals surface area contributed by atoms with Crippen LogP contribution in [0.25, 0.3) is 0 Å². The van der Waals surface area contributed by atoms with E-state index < -0.39 is 23.0 Å². The Labute approximate surface area is 119 Å². The van der Waals surface area contributed by atoms with E-state index in [0.717, 1.165) is 5.56 Å². The van der Waals surface area contributed by atoms with Gasteiger partial charge in [-0.1, -0.05) is 30.3 Å². The Hall–Kier alpha value is -1.84. The van der Waals surface area contributed by atoms with Gasteiger partial charge in [-0.05, 0) is 32.8 Å². The molecule has 0 spiro atoms. The van der Waals surface area contributed by atoms with Gasteiger partial charge in [0.15, 0.2) is 5.41 Å². The van der Waals surface area contributed by atoms with Crippen LogP contribution < -0.4 is 0 Å². The van der Waals surface area contributed by atoms with Crippen molar-refractivity contribution < 1.29 is 19.1 Å². The number of hydrogen-bond donors (Lipinski definition) is 0. The molecule has 0 amide bonds. The predicted octanol–water partition coefficient (Wildman–Crippen LogP) is 2.50. The van der Waals surface area contributed by atoms with E-state index in [1.54, 1.807) is 20.8 Å².